The van der Waals surface area contributed by atoms with Gasteiger partial charge in [-0.05, 0) is 18.8 Å². The molecule has 0 saturated heterocycles. The molecule has 0 amide bonds. The van der Waals surface area contributed by atoms with Crippen molar-refractivity contribution in [3.05, 3.63) is 40.5 Å². The van der Waals surface area contributed by atoms with Gasteiger partial charge in [-0.1, -0.05) is 12.2 Å². The van der Waals surface area contributed by atoms with Crippen LogP contribution in [0.2, 0.25) is 0 Å². The molecule has 0 spiro atoms. The minimum atomic E-state index is 1.08. The Morgan fingerprint density at radius 3 is 1.78 bits per heavy atom. The zero-order valence-corrected chi connectivity index (χ0v) is 4.86. The number of nitrogens with one attached hydrogen (secondary N) is 1. The van der Waals surface area contributed by atoms with E-state index in [1.807, 2.05) is 12.4 Å². The second-order valence-corrected chi connectivity index (χ2v) is 1.30. The lowest BCUT2D eigenvalue weighted by Gasteiger charge is -1.92. The fraction of sp³-hybridized carbons (Fsp3) is 0.200. The standard InChI is InChI=1S/C5H7N.N3/c1-2-4-6-5-3-1;1-3-2/h2-6H,1H2;/q;-1. The third kappa shape index (κ3) is 6.59. The molecule has 0 atom stereocenters. The van der Waals surface area contributed by atoms with Gasteiger partial charge in [0.1, 0.15) is 0 Å². The van der Waals surface area contributed by atoms with Crippen LogP contribution in [-0.2, 0) is 0 Å². The quantitative estimate of drug-likeness (QED) is 0.298. The Morgan fingerprint density at radius 2 is 1.67 bits per heavy atom. The minimum Gasteiger partial charge on any atom is -0.373 e. The first-order chi connectivity index (χ1) is 4.41. The highest BCUT2D eigenvalue weighted by atomic mass is 15.0. The van der Waals surface area contributed by atoms with Crippen LogP contribution in [-0.4, -0.2) is 0 Å². The van der Waals surface area contributed by atoms with Crippen molar-refractivity contribution in [3.8, 4) is 0 Å². The van der Waals surface area contributed by atoms with Crippen molar-refractivity contribution in [1.29, 1.82) is 0 Å². The molecule has 0 aliphatic carbocycles. The second kappa shape index (κ2) is 6.59. The van der Waals surface area contributed by atoms with E-state index in [4.69, 9.17) is 11.1 Å². The average molecular weight is 123 g/mol. The predicted octanol–water partition coefficient (Wildman–Crippen LogP) is 1.87. The largest absolute Gasteiger partial charge is 0.373 e. The zero-order valence-electron chi connectivity index (χ0n) is 4.86. The molecule has 1 aliphatic rings. The van der Waals surface area contributed by atoms with Crippen LogP contribution in [0.3, 0.4) is 0 Å². The molecule has 0 aromatic heterocycles. The highest BCUT2D eigenvalue weighted by Crippen LogP contribution is 1.86. The summed E-state index contributed by atoms with van der Waals surface area (Å²) >= 11 is 0. The van der Waals surface area contributed by atoms with Gasteiger partial charge < -0.3 is 16.4 Å². The summed E-state index contributed by atoms with van der Waals surface area (Å²) in [5, 5.41) is 2.92. The maximum Gasteiger partial charge on any atom is -0.00326 e. The number of nitrogens with zero attached hydrogens (tertiary/aromatic N) is 3. The molecule has 0 saturated carbocycles. The van der Waals surface area contributed by atoms with E-state index in [1.54, 1.807) is 0 Å². The summed E-state index contributed by atoms with van der Waals surface area (Å²) in [5.74, 6) is 0. The van der Waals surface area contributed by atoms with Crippen molar-refractivity contribution in [3.63, 3.8) is 0 Å². The van der Waals surface area contributed by atoms with E-state index in [-0.39, 0.29) is 0 Å². The average Bonchev–Trinajstić information content (AvgIpc) is 1.93. The Hall–Kier alpha value is -1.41. The van der Waals surface area contributed by atoms with Gasteiger partial charge >= 0.3 is 0 Å². The summed E-state index contributed by atoms with van der Waals surface area (Å²) in [7, 11) is 0. The van der Waals surface area contributed by atoms with Crippen LogP contribution < -0.4 is 5.32 Å². The molecular weight excluding hydrogens is 116 g/mol. The van der Waals surface area contributed by atoms with Gasteiger partial charge in [0.2, 0.25) is 0 Å². The number of rotatable bonds is 0. The summed E-state index contributed by atoms with van der Waals surface area (Å²) in [5.41, 5.74) is 13.5. The summed E-state index contributed by atoms with van der Waals surface area (Å²) in [6.07, 6.45) is 9.08. The summed E-state index contributed by atoms with van der Waals surface area (Å²) in [6, 6.07) is 0. The van der Waals surface area contributed by atoms with E-state index in [1.165, 1.54) is 4.91 Å². The maximum atomic E-state index is 6.75. The number of hydrogen-bond donors (Lipinski definition) is 1. The van der Waals surface area contributed by atoms with Crippen molar-refractivity contribution in [1.82, 2.24) is 5.32 Å². The van der Waals surface area contributed by atoms with Gasteiger partial charge in [0, 0.05) is 0 Å². The summed E-state index contributed by atoms with van der Waals surface area (Å²) in [6.45, 7) is 0. The van der Waals surface area contributed by atoms with Crippen LogP contribution >= 0.6 is 0 Å². The van der Waals surface area contributed by atoms with E-state index in [0.29, 0.717) is 0 Å². The lowest BCUT2D eigenvalue weighted by Crippen LogP contribution is -1.93. The molecule has 1 aliphatic heterocycles. The van der Waals surface area contributed by atoms with Crippen LogP contribution in [0, 0.1) is 0 Å². The molecule has 48 valence electrons. The molecule has 0 aromatic carbocycles. The Kier molecular flexibility index (Phi) is 5.56. The summed E-state index contributed by atoms with van der Waals surface area (Å²) in [4.78, 5) is 1.50. The molecule has 0 unspecified atom stereocenters. The second-order valence-electron chi connectivity index (χ2n) is 1.30. The van der Waals surface area contributed by atoms with Crippen LogP contribution in [0.4, 0.5) is 0 Å². The van der Waals surface area contributed by atoms with Crippen molar-refractivity contribution < 1.29 is 0 Å². The fourth-order valence-electron chi connectivity index (χ4n) is 0.406. The van der Waals surface area contributed by atoms with E-state index in [2.05, 4.69) is 17.5 Å². The van der Waals surface area contributed by atoms with E-state index in [0.717, 1.165) is 6.42 Å². The Bertz CT molecular complexity index is 121. The molecule has 1 rings (SSSR count). The lowest BCUT2D eigenvalue weighted by atomic mass is 10.4. The predicted molar refractivity (Wildman–Crippen MR) is 36.1 cm³/mol. The van der Waals surface area contributed by atoms with Gasteiger partial charge in [0.25, 0.3) is 0 Å². The van der Waals surface area contributed by atoms with Crippen LogP contribution in [0.5, 0.6) is 0 Å². The third-order valence-corrected chi connectivity index (χ3v) is 0.700. The van der Waals surface area contributed by atoms with Gasteiger partial charge in [-0.3, -0.25) is 4.91 Å². The first-order valence-corrected chi connectivity index (χ1v) is 2.46. The number of allylic oxidation sites excluding steroid dienone is 2. The molecule has 0 bridgehead atoms. The fourth-order valence-corrected chi connectivity index (χ4v) is 0.406. The molecule has 1 heterocycles. The van der Waals surface area contributed by atoms with Gasteiger partial charge in [-0.15, -0.1) is 0 Å². The number of dihydropyridines is 1. The van der Waals surface area contributed by atoms with Gasteiger partial charge in [0.15, 0.2) is 0 Å². The Balaban J connectivity index is 0.000000187. The van der Waals surface area contributed by atoms with E-state index >= 15 is 0 Å². The highest BCUT2D eigenvalue weighted by molar-refractivity contribution is 4.98. The van der Waals surface area contributed by atoms with Crippen LogP contribution in [0.15, 0.2) is 24.6 Å². The van der Waals surface area contributed by atoms with Gasteiger partial charge in [-0.2, -0.15) is 0 Å². The smallest absolute Gasteiger partial charge is 0.00326 e. The van der Waals surface area contributed by atoms with Crippen molar-refractivity contribution >= 4 is 0 Å². The molecule has 4 nitrogen and oxygen atoms in total. The molecule has 0 aromatic rings. The number of hydrogen-bond acceptors (Lipinski definition) is 1. The molecule has 0 fully saturated rings. The van der Waals surface area contributed by atoms with Crippen LogP contribution in [0.25, 0.3) is 16.0 Å². The highest BCUT2D eigenvalue weighted by Gasteiger charge is 1.73. The minimum absolute atomic E-state index is 1.08. The zero-order chi connectivity index (χ0) is 6.95. The molecule has 4 heteroatoms. The molecule has 9 heavy (non-hydrogen) atoms. The van der Waals surface area contributed by atoms with Crippen molar-refractivity contribution in [2.75, 3.05) is 0 Å². The first kappa shape index (κ1) is 7.59. The Morgan fingerprint density at radius 1 is 1.22 bits per heavy atom. The Labute approximate surface area is 53.3 Å². The van der Waals surface area contributed by atoms with E-state index < -0.39 is 0 Å². The maximum absolute atomic E-state index is 6.75. The van der Waals surface area contributed by atoms with E-state index in [9.17, 15) is 0 Å². The van der Waals surface area contributed by atoms with Gasteiger partial charge in [-0.25, -0.2) is 0 Å². The van der Waals surface area contributed by atoms with Crippen molar-refractivity contribution in [2.24, 2.45) is 0 Å². The third-order valence-electron chi connectivity index (χ3n) is 0.700. The van der Waals surface area contributed by atoms with Crippen molar-refractivity contribution in [2.45, 2.75) is 6.42 Å². The summed E-state index contributed by atoms with van der Waals surface area (Å²) < 4.78 is 0. The van der Waals surface area contributed by atoms with Crippen LogP contribution in [0.1, 0.15) is 6.42 Å². The molecular formula is C5H7N4-. The van der Waals surface area contributed by atoms with Gasteiger partial charge in [0.05, 0.1) is 0 Å². The first-order valence-electron chi connectivity index (χ1n) is 2.46. The topological polar surface area (TPSA) is 70.7 Å². The monoisotopic (exact) mass is 123 g/mol. The normalized spacial score (nSPS) is 12.4. The lowest BCUT2D eigenvalue weighted by molar-refractivity contribution is 1.11. The molecule has 0 radical (unpaired) electrons. The SMILES string of the molecule is C1=CNC=CC1.[N-]=[N+]=[N-]. The molecule has 1 N–H and O–H groups in total.